The second-order valence-electron chi connectivity index (χ2n) is 6.12. The van der Waals surface area contributed by atoms with Crippen LogP contribution < -0.4 is 10.2 Å². The van der Waals surface area contributed by atoms with E-state index in [0.29, 0.717) is 30.9 Å². The summed E-state index contributed by atoms with van der Waals surface area (Å²) in [6.45, 7) is 5.66. The number of benzene rings is 1. The Hall–Kier alpha value is -2.13. The fraction of sp³-hybridized carbons (Fsp3) is 0.556. The standard InChI is InChI=1S/C18H29N3O5S/c1-6-9-18(23)26-13-17(22)19-15-12-14(10-11-16(15)20(4)5)27(24,25)21(7-2)8-3/h10-12H,6-9,13H2,1-5H3,(H,19,22). The second-order valence-corrected chi connectivity index (χ2v) is 8.06. The maximum Gasteiger partial charge on any atom is 0.306 e. The molecular weight excluding hydrogens is 370 g/mol. The van der Waals surface area contributed by atoms with Crippen molar-refractivity contribution in [1.82, 2.24) is 4.31 Å². The summed E-state index contributed by atoms with van der Waals surface area (Å²) in [6.07, 6.45) is 0.879. The highest BCUT2D eigenvalue weighted by molar-refractivity contribution is 7.89. The molecule has 1 amide bonds. The number of carbonyl (C=O) groups is 2. The number of hydrogen-bond acceptors (Lipinski definition) is 6. The van der Waals surface area contributed by atoms with Crippen molar-refractivity contribution >= 4 is 33.3 Å². The number of esters is 1. The number of anilines is 2. The van der Waals surface area contributed by atoms with Crippen LogP contribution in [-0.2, 0) is 24.3 Å². The number of sulfonamides is 1. The van der Waals surface area contributed by atoms with Crippen molar-refractivity contribution in [3.05, 3.63) is 18.2 Å². The molecular formula is C18H29N3O5S. The molecule has 0 heterocycles. The molecule has 0 aromatic heterocycles. The summed E-state index contributed by atoms with van der Waals surface area (Å²) in [5.41, 5.74) is 0.978. The maximum absolute atomic E-state index is 12.7. The molecule has 1 rings (SSSR count). The van der Waals surface area contributed by atoms with Crippen LogP contribution in [0.15, 0.2) is 23.1 Å². The molecule has 0 bridgehead atoms. The topological polar surface area (TPSA) is 96.0 Å². The van der Waals surface area contributed by atoms with Crippen molar-refractivity contribution in [3.8, 4) is 0 Å². The molecule has 0 aliphatic heterocycles. The molecule has 27 heavy (non-hydrogen) atoms. The fourth-order valence-electron chi connectivity index (χ4n) is 2.49. The SMILES string of the molecule is CCCC(=O)OCC(=O)Nc1cc(S(=O)(=O)N(CC)CC)ccc1N(C)C. The number of hydrogen-bond donors (Lipinski definition) is 1. The number of nitrogens with zero attached hydrogens (tertiary/aromatic N) is 2. The van der Waals surface area contributed by atoms with E-state index in [4.69, 9.17) is 4.74 Å². The van der Waals surface area contributed by atoms with Crippen LogP contribution >= 0.6 is 0 Å². The first-order valence-electron chi connectivity index (χ1n) is 8.94. The van der Waals surface area contributed by atoms with E-state index in [9.17, 15) is 18.0 Å². The zero-order valence-electron chi connectivity index (χ0n) is 16.6. The molecule has 1 aromatic rings. The number of nitrogens with one attached hydrogen (secondary N) is 1. The number of ether oxygens (including phenoxy) is 1. The normalized spacial score (nSPS) is 11.3. The Morgan fingerprint density at radius 3 is 2.26 bits per heavy atom. The van der Waals surface area contributed by atoms with E-state index in [-0.39, 0.29) is 11.3 Å². The van der Waals surface area contributed by atoms with Gasteiger partial charge in [0, 0.05) is 33.6 Å². The quantitative estimate of drug-likeness (QED) is 0.605. The van der Waals surface area contributed by atoms with E-state index in [1.807, 2.05) is 6.92 Å². The summed E-state index contributed by atoms with van der Waals surface area (Å²) in [5, 5.41) is 2.64. The van der Waals surface area contributed by atoms with Gasteiger partial charge in [0.05, 0.1) is 16.3 Å². The molecule has 1 aromatic carbocycles. The highest BCUT2D eigenvalue weighted by atomic mass is 32.2. The molecule has 0 saturated heterocycles. The lowest BCUT2D eigenvalue weighted by Crippen LogP contribution is -2.31. The number of rotatable bonds is 10. The van der Waals surface area contributed by atoms with Gasteiger partial charge in [-0.1, -0.05) is 20.8 Å². The summed E-state index contributed by atoms with van der Waals surface area (Å²) in [7, 11) is -0.0917. The molecule has 0 radical (unpaired) electrons. The summed E-state index contributed by atoms with van der Waals surface area (Å²) in [5.74, 6) is -0.974. The zero-order chi connectivity index (χ0) is 20.6. The molecule has 0 aliphatic carbocycles. The predicted molar refractivity (Wildman–Crippen MR) is 105 cm³/mol. The smallest absolute Gasteiger partial charge is 0.306 e. The van der Waals surface area contributed by atoms with Gasteiger partial charge < -0.3 is 15.0 Å². The third-order valence-electron chi connectivity index (χ3n) is 3.89. The van der Waals surface area contributed by atoms with Crippen LogP contribution in [-0.4, -0.2) is 58.4 Å². The van der Waals surface area contributed by atoms with Gasteiger partial charge in [-0.25, -0.2) is 8.42 Å². The van der Waals surface area contributed by atoms with Crippen molar-refractivity contribution in [2.75, 3.05) is 44.0 Å². The largest absolute Gasteiger partial charge is 0.456 e. The van der Waals surface area contributed by atoms with Crippen LogP contribution in [0, 0.1) is 0 Å². The van der Waals surface area contributed by atoms with Crippen molar-refractivity contribution in [1.29, 1.82) is 0 Å². The summed E-state index contributed by atoms with van der Waals surface area (Å²) >= 11 is 0. The maximum atomic E-state index is 12.7. The van der Waals surface area contributed by atoms with Crippen LogP contribution in [0.1, 0.15) is 33.6 Å². The molecule has 1 N–H and O–H groups in total. The minimum Gasteiger partial charge on any atom is -0.456 e. The average molecular weight is 400 g/mol. The molecule has 0 unspecified atom stereocenters. The first-order valence-corrected chi connectivity index (χ1v) is 10.4. The second kappa shape index (κ2) is 10.3. The molecule has 9 heteroatoms. The van der Waals surface area contributed by atoms with Gasteiger partial charge in [-0.05, 0) is 24.6 Å². The molecule has 0 fully saturated rings. The Labute approximate surface area is 161 Å². The van der Waals surface area contributed by atoms with Gasteiger partial charge in [0.25, 0.3) is 5.91 Å². The third kappa shape index (κ3) is 6.21. The lowest BCUT2D eigenvalue weighted by atomic mass is 10.2. The number of carbonyl (C=O) groups excluding carboxylic acids is 2. The van der Waals surface area contributed by atoms with Crippen molar-refractivity contribution in [3.63, 3.8) is 0 Å². The van der Waals surface area contributed by atoms with Gasteiger partial charge in [-0.2, -0.15) is 4.31 Å². The first kappa shape index (κ1) is 22.9. The average Bonchev–Trinajstić information content (AvgIpc) is 2.60. The zero-order valence-corrected chi connectivity index (χ0v) is 17.4. The van der Waals surface area contributed by atoms with Gasteiger partial charge in [0.2, 0.25) is 10.0 Å². The predicted octanol–water partition coefficient (Wildman–Crippen LogP) is 2.06. The summed E-state index contributed by atoms with van der Waals surface area (Å²) in [6, 6.07) is 4.57. The minimum atomic E-state index is -3.66. The summed E-state index contributed by atoms with van der Waals surface area (Å²) in [4.78, 5) is 25.4. The van der Waals surface area contributed by atoms with Crippen LogP contribution in [0.3, 0.4) is 0 Å². The van der Waals surface area contributed by atoms with Gasteiger partial charge in [-0.15, -0.1) is 0 Å². The van der Waals surface area contributed by atoms with E-state index in [1.165, 1.54) is 16.4 Å². The highest BCUT2D eigenvalue weighted by Gasteiger charge is 2.23. The van der Waals surface area contributed by atoms with E-state index in [0.717, 1.165) is 0 Å². The Bertz CT molecular complexity index is 758. The first-order chi connectivity index (χ1) is 12.7. The molecule has 8 nitrogen and oxygen atoms in total. The van der Waals surface area contributed by atoms with Gasteiger partial charge >= 0.3 is 5.97 Å². The van der Waals surface area contributed by atoms with Crippen molar-refractivity contribution in [2.24, 2.45) is 0 Å². The minimum absolute atomic E-state index is 0.0927. The molecule has 0 saturated carbocycles. The van der Waals surface area contributed by atoms with Crippen LogP contribution in [0.5, 0.6) is 0 Å². The van der Waals surface area contributed by atoms with Gasteiger partial charge in [0.15, 0.2) is 6.61 Å². The van der Waals surface area contributed by atoms with Crippen LogP contribution in [0.4, 0.5) is 11.4 Å². The Kier molecular flexibility index (Phi) is 8.71. The molecule has 0 spiro atoms. The van der Waals surface area contributed by atoms with Crippen LogP contribution in [0.2, 0.25) is 0 Å². The van der Waals surface area contributed by atoms with Gasteiger partial charge in [-0.3, -0.25) is 9.59 Å². The summed E-state index contributed by atoms with van der Waals surface area (Å²) < 4.78 is 31.7. The third-order valence-corrected chi connectivity index (χ3v) is 5.93. The Morgan fingerprint density at radius 2 is 1.74 bits per heavy atom. The van der Waals surface area contributed by atoms with E-state index < -0.39 is 28.5 Å². The van der Waals surface area contributed by atoms with E-state index in [1.54, 1.807) is 38.9 Å². The fourth-order valence-corrected chi connectivity index (χ4v) is 3.97. The van der Waals surface area contributed by atoms with Crippen molar-refractivity contribution < 1.29 is 22.7 Å². The Morgan fingerprint density at radius 1 is 1.11 bits per heavy atom. The number of amides is 1. The lowest BCUT2D eigenvalue weighted by Gasteiger charge is -2.22. The molecule has 0 aliphatic rings. The van der Waals surface area contributed by atoms with Gasteiger partial charge in [0.1, 0.15) is 0 Å². The molecule has 152 valence electrons. The Balaban J connectivity index is 3.10. The lowest BCUT2D eigenvalue weighted by molar-refractivity contribution is -0.147. The molecule has 0 atom stereocenters. The van der Waals surface area contributed by atoms with E-state index in [2.05, 4.69) is 5.32 Å². The highest BCUT2D eigenvalue weighted by Crippen LogP contribution is 2.29. The van der Waals surface area contributed by atoms with Crippen molar-refractivity contribution in [2.45, 2.75) is 38.5 Å². The van der Waals surface area contributed by atoms with E-state index >= 15 is 0 Å². The van der Waals surface area contributed by atoms with Crippen LogP contribution in [0.25, 0.3) is 0 Å². The monoisotopic (exact) mass is 399 g/mol.